The SMILES string of the molecule is COCc1nc(N2CCCN(C)CC2C)sc1C=O. The Hall–Kier alpha value is -0.980. The summed E-state index contributed by atoms with van der Waals surface area (Å²) in [4.78, 5) is 21.0. The van der Waals surface area contributed by atoms with Crippen LogP contribution in [0.25, 0.3) is 0 Å². The lowest BCUT2D eigenvalue weighted by Crippen LogP contribution is -2.37. The first kappa shape index (κ1) is 14.4. The normalized spacial score (nSPS) is 21.4. The smallest absolute Gasteiger partial charge is 0.186 e. The highest BCUT2D eigenvalue weighted by molar-refractivity contribution is 7.17. The maximum absolute atomic E-state index is 11.1. The van der Waals surface area contributed by atoms with Crippen molar-refractivity contribution in [2.24, 2.45) is 0 Å². The van der Waals surface area contributed by atoms with Gasteiger partial charge in [-0.2, -0.15) is 0 Å². The lowest BCUT2D eigenvalue weighted by Gasteiger charge is -2.27. The summed E-state index contributed by atoms with van der Waals surface area (Å²) >= 11 is 1.47. The lowest BCUT2D eigenvalue weighted by molar-refractivity contribution is 0.112. The third kappa shape index (κ3) is 3.32. The number of methoxy groups -OCH3 is 1. The third-order valence-electron chi connectivity index (χ3n) is 3.40. The number of rotatable bonds is 4. The van der Waals surface area contributed by atoms with Gasteiger partial charge in [0, 0.05) is 26.2 Å². The molecule has 19 heavy (non-hydrogen) atoms. The molecule has 0 aliphatic carbocycles. The molecule has 1 fully saturated rings. The highest BCUT2D eigenvalue weighted by atomic mass is 32.1. The Balaban J connectivity index is 2.22. The quantitative estimate of drug-likeness (QED) is 0.786. The Morgan fingerprint density at radius 3 is 3.00 bits per heavy atom. The molecule has 0 spiro atoms. The van der Waals surface area contributed by atoms with Gasteiger partial charge in [0.05, 0.1) is 17.2 Å². The number of carbonyl (C=O) groups excluding carboxylic acids is 1. The predicted octanol–water partition coefficient (Wildman–Crippen LogP) is 1.63. The molecule has 5 nitrogen and oxygen atoms in total. The molecule has 0 aromatic carbocycles. The van der Waals surface area contributed by atoms with Crippen LogP contribution in [-0.2, 0) is 11.3 Å². The summed E-state index contributed by atoms with van der Waals surface area (Å²) in [5.74, 6) is 0. The molecule has 1 aliphatic heterocycles. The van der Waals surface area contributed by atoms with Crippen LogP contribution in [-0.4, -0.2) is 56.0 Å². The fourth-order valence-corrected chi connectivity index (χ4v) is 3.47. The van der Waals surface area contributed by atoms with Gasteiger partial charge in [0.15, 0.2) is 11.4 Å². The summed E-state index contributed by atoms with van der Waals surface area (Å²) < 4.78 is 5.10. The summed E-state index contributed by atoms with van der Waals surface area (Å²) in [5, 5.41) is 0.942. The van der Waals surface area contributed by atoms with Crippen molar-refractivity contribution in [3.8, 4) is 0 Å². The highest BCUT2D eigenvalue weighted by Crippen LogP contribution is 2.28. The Morgan fingerprint density at radius 1 is 1.53 bits per heavy atom. The lowest BCUT2D eigenvalue weighted by atomic mass is 10.3. The minimum absolute atomic E-state index is 0.396. The van der Waals surface area contributed by atoms with E-state index in [0.717, 1.165) is 43.2 Å². The van der Waals surface area contributed by atoms with Crippen molar-refractivity contribution < 1.29 is 9.53 Å². The molecule has 0 amide bonds. The summed E-state index contributed by atoms with van der Waals surface area (Å²) in [7, 11) is 3.77. The maximum atomic E-state index is 11.1. The molecule has 1 atom stereocenters. The van der Waals surface area contributed by atoms with Gasteiger partial charge in [0.1, 0.15) is 0 Å². The van der Waals surface area contributed by atoms with E-state index in [-0.39, 0.29) is 0 Å². The van der Waals surface area contributed by atoms with E-state index in [1.165, 1.54) is 11.3 Å². The number of likely N-dealkylation sites (N-methyl/N-ethyl adjacent to an activating group) is 1. The average molecular weight is 283 g/mol. The second-order valence-corrected chi connectivity index (χ2v) is 6.03. The van der Waals surface area contributed by atoms with E-state index in [2.05, 4.69) is 28.8 Å². The molecule has 0 saturated carbocycles. The molecular formula is C13H21N3O2S. The Kier molecular flexibility index (Phi) is 4.90. The van der Waals surface area contributed by atoms with Gasteiger partial charge in [-0.1, -0.05) is 11.3 Å². The summed E-state index contributed by atoms with van der Waals surface area (Å²) in [5.41, 5.74) is 0.752. The topological polar surface area (TPSA) is 45.7 Å². The van der Waals surface area contributed by atoms with Gasteiger partial charge in [0.25, 0.3) is 0 Å². The van der Waals surface area contributed by atoms with Crippen LogP contribution in [0.3, 0.4) is 0 Å². The summed E-state index contributed by atoms with van der Waals surface area (Å²) in [6.07, 6.45) is 2.00. The predicted molar refractivity (Wildman–Crippen MR) is 77.1 cm³/mol. The van der Waals surface area contributed by atoms with E-state index in [1.807, 2.05) is 0 Å². The molecule has 0 bridgehead atoms. The first-order chi connectivity index (χ1) is 9.15. The van der Waals surface area contributed by atoms with Gasteiger partial charge in [-0.05, 0) is 26.9 Å². The zero-order chi connectivity index (χ0) is 13.8. The standard InChI is InChI=1S/C13H21N3O2S/c1-10-7-15(2)5-4-6-16(10)13-14-11(9-18-3)12(8-17)19-13/h8,10H,4-7,9H2,1-3H3. The number of ether oxygens (including phenoxy) is 1. The van der Waals surface area contributed by atoms with Crippen molar-refractivity contribution in [3.63, 3.8) is 0 Å². The van der Waals surface area contributed by atoms with E-state index in [4.69, 9.17) is 4.74 Å². The van der Waals surface area contributed by atoms with Gasteiger partial charge in [-0.15, -0.1) is 0 Å². The molecule has 106 valence electrons. The number of thiazole rings is 1. The van der Waals surface area contributed by atoms with Crippen molar-refractivity contribution >= 4 is 22.8 Å². The second kappa shape index (κ2) is 6.45. The molecule has 2 heterocycles. The fourth-order valence-electron chi connectivity index (χ4n) is 2.46. The Bertz CT molecular complexity index is 436. The first-order valence-electron chi connectivity index (χ1n) is 6.54. The van der Waals surface area contributed by atoms with Crippen LogP contribution in [0.4, 0.5) is 5.13 Å². The van der Waals surface area contributed by atoms with Gasteiger partial charge in [-0.3, -0.25) is 4.79 Å². The summed E-state index contributed by atoms with van der Waals surface area (Å²) in [6.45, 7) is 5.73. The second-order valence-electron chi connectivity index (χ2n) is 5.02. The van der Waals surface area contributed by atoms with Crippen LogP contribution in [0.2, 0.25) is 0 Å². The largest absolute Gasteiger partial charge is 0.378 e. The van der Waals surface area contributed by atoms with Gasteiger partial charge < -0.3 is 14.5 Å². The Labute approximate surface area is 118 Å². The minimum Gasteiger partial charge on any atom is -0.378 e. The zero-order valence-electron chi connectivity index (χ0n) is 11.8. The van der Waals surface area contributed by atoms with Crippen LogP contribution in [0.5, 0.6) is 0 Å². The third-order valence-corrected chi connectivity index (χ3v) is 4.46. The van der Waals surface area contributed by atoms with Crippen LogP contribution in [0.1, 0.15) is 28.7 Å². The van der Waals surface area contributed by atoms with E-state index < -0.39 is 0 Å². The number of nitrogens with zero attached hydrogens (tertiary/aromatic N) is 3. The fraction of sp³-hybridized carbons (Fsp3) is 0.692. The van der Waals surface area contributed by atoms with E-state index in [1.54, 1.807) is 7.11 Å². The average Bonchev–Trinajstić information content (AvgIpc) is 2.69. The first-order valence-corrected chi connectivity index (χ1v) is 7.36. The number of hydrogen-bond donors (Lipinski definition) is 0. The minimum atomic E-state index is 0.396. The van der Waals surface area contributed by atoms with Crippen LogP contribution >= 0.6 is 11.3 Å². The van der Waals surface area contributed by atoms with Gasteiger partial charge in [-0.25, -0.2) is 4.98 Å². The molecule has 1 aromatic heterocycles. The van der Waals surface area contributed by atoms with Crippen molar-refractivity contribution in [1.82, 2.24) is 9.88 Å². The van der Waals surface area contributed by atoms with E-state index in [9.17, 15) is 4.79 Å². The van der Waals surface area contributed by atoms with E-state index in [0.29, 0.717) is 17.5 Å². The molecule has 1 saturated heterocycles. The highest BCUT2D eigenvalue weighted by Gasteiger charge is 2.23. The number of aromatic nitrogens is 1. The molecule has 2 rings (SSSR count). The van der Waals surface area contributed by atoms with Crippen LogP contribution < -0.4 is 4.90 Å². The molecule has 6 heteroatoms. The zero-order valence-corrected chi connectivity index (χ0v) is 12.6. The Morgan fingerprint density at radius 2 is 2.32 bits per heavy atom. The van der Waals surface area contributed by atoms with Crippen molar-refractivity contribution in [2.45, 2.75) is 26.0 Å². The molecule has 0 N–H and O–H groups in total. The van der Waals surface area contributed by atoms with Crippen molar-refractivity contribution in [2.75, 3.05) is 38.7 Å². The molecule has 0 radical (unpaired) electrons. The maximum Gasteiger partial charge on any atom is 0.186 e. The number of hydrogen-bond acceptors (Lipinski definition) is 6. The van der Waals surface area contributed by atoms with Gasteiger partial charge >= 0.3 is 0 Å². The molecule has 1 aromatic rings. The molecule has 1 unspecified atom stereocenters. The number of aldehydes is 1. The van der Waals surface area contributed by atoms with E-state index >= 15 is 0 Å². The van der Waals surface area contributed by atoms with Crippen molar-refractivity contribution in [3.05, 3.63) is 10.6 Å². The van der Waals surface area contributed by atoms with Crippen LogP contribution in [0.15, 0.2) is 0 Å². The molecule has 1 aliphatic rings. The summed E-state index contributed by atoms with van der Waals surface area (Å²) in [6, 6.07) is 0.411. The number of anilines is 1. The van der Waals surface area contributed by atoms with Gasteiger partial charge in [0.2, 0.25) is 0 Å². The monoisotopic (exact) mass is 283 g/mol. The number of carbonyl (C=O) groups is 1. The molecular weight excluding hydrogens is 262 g/mol. The van der Waals surface area contributed by atoms with Crippen molar-refractivity contribution in [1.29, 1.82) is 0 Å². The van der Waals surface area contributed by atoms with Crippen LogP contribution in [0, 0.1) is 0 Å².